The van der Waals surface area contributed by atoms with Crippen LogP contribution in [-0.2, 0) is 22.5 Å². The van der Waals surface area contributed by atoms with Gasteiger partial charge in [-0.2, -0.15) is 0 Å². The van der Waals surface area contributed by atoms with Crippen LogP contribution >= 0.6 is 11.6 Å². The Morgan fingerprint density at radius 3 is 2.74 bits per heavy atom. The fourth-order valence-electron chi connectivity index (χ4n) is 4.55. The molecule has 3 heterocycles. The highest BCUT2D eigenvalue weighted by molar-refractivity contribution is 6.30. The second-order valence-corrected chi connectivity index (χ2v) is 9.91. The molecule has 0 spiro atoms. The van der Waals surface area contributed by atoms with Crippen LogP contribution in [0.15, 0.2) is 16.5 Å². The van der Waals surface area contributed by atoms with E-state index in [1.807, 2.05) is 32.9 Å². The molecule has 34 heavy (non-hydrogen) atoms. The molecule has 184 valence electrons. The lowest BCUT2D eigenvalue weighted by molar-refractivity contribution is -0.119. The molecule has 2 aliphatic rings. The van der Waals surface area contributed by atoms with Crippen molar-refractivity contribution in [1.29, 1.82) is 0 Å². The molecular weight excluding hydrogens is 458 g/mol. The number of piperazine rings is 1. The molecule has 4 rings (SSSR count). The van der Waals surface area contributed by atoms with Crippen molar-refractivity contribution in [2.75, 3.05) is 26.2 Å². The second kappa shape index (κ2) is 10.3. The minimum atomic E-state index is -0.250. The highest BCUT2D eigenvalue weighted by atomic mass is 35.5. The van der Waals surface area contributed by atoms with Crippen LogP contribution in [0.3, 0.4) is 0 Å². The number of carbonyl (C=O) groups is 2. The van der Waals surface area contributed by atoms with Gasteiger partial charge in [-0.05, 0) is 56.5 Å². The van der Waals surface area contributed by atoms with Crippen LogP contribution in [0.1, 0.15) is 61.6 Å². The summed E-state index contributed by atoms with van der Waals surface area (Å²) in [7, 11) is 0. The van der Waals surface area contributed by atoms with Gasteiger partial charge in [-0.25, -0.2) is 4.79 Å². The summed E-state index contributed by atoms with van der Waals surface area (Å²) >= 11 is 6.47. The van der Waals surface area contributed by atoms with Crippen LogP contribution < -0.4 is 5.32 Å². The van der Waals surface area contributed by atoms with Crippen LogP contribution in [0.25, 0.3) is 0 Å². The molecule has 0 aliphatic carbocycles. The molecule has 1 aromatic heterocycles. The molecular formula is C24H32ClN5O4. The summed E-state index contributed by atoms with van der Waals surface area (Å²) in [6, 6.07) is 4.00. The molecule has 2 aromatic rings. The summed E-state index contributed by atoms with van der Waals surface area (Å²) in [5.74, 6) is 0.947. The highest BCUT2D eigenvalue weighted by Crippen LogP contribution is 2.27. The first-order chi connectivity index (χ1) is 16.2. The Balaban J connectivity index is 1.42. The maximum Gasteiger partial charge on any atom is 0.410 e. The van der Waals surface area contributed by atoms with Crippen molar-refractivity contribution in [3.63, 3.8) is 0 Å². The van der Waals surface area contributed by atoms with Gasteiger partial charge in [0.05, 0.1) is 18.4 Å². The summed E-state index contributed by atoms with van der Waals surface area (Å²) in [4.78, 5) is 27.9. The molecule has 0 saturated carbocycles. The van der Waals surface area contributed by atoms with Gasteiger partial charge in [-0.1, -0.05) is 11.6 Å². The Hall–Kier alpha value is -2.65. The Labute approximate surface area is 204 Å². The first kappa shape index (κ1) is 24.5. The number of hydrogen-bond acceptors (Lipinski definition) is 7. The number of nitrogens with one attached hydrogen (secondary N) is 1. The minimum Gasteiger partial charge on any atom is -0.447 e. The number of carbonyl (C=O) groups excluding carboxylic acids is 2. The average molecular weight is 490 g/mol. The van der Waals surface area contributed by atoms with Crippen LogP contribution in [0.5, 0.6) is 0 Å². The molecule has 1 aromatic carbocycles. The minimum absolute atomic E-state index is 0.00652. The molecule has 2 atom stereocenters. The lowest BCUT2D eigenvalue weighted by Gasteiger charge is -2.39. The van der Waals surface area contributed by atoms with Crippen molar-refractivity contribution in [1.82, 2.24) is 25.3 Å². The largest absolute Gasteiger partial charge is 0.447 e. The number of nitrogens with zero attached hydrogens (tertiary/aromatic N) is 4. The van der Waals surface area contributed by atoms with E-state index in [0.717, 1.165) is 36.3 Å². The monoisotopic (exact) mass is 489 g/mol. The van der Waals surface area contributed by atoms with Gasteiger partial charge in [-0.15, -0.1) is 10.2 Å². The zero-order chi connectivity index (χ0) is 24.4. The molecule has 1 N–H and O–H groups in total. The van der Waals surface area contributed by atoms with Crippen molar-refractivity contribution in [2.24, 2.45) is 0 Å². The fraction of sp³-hybridized carbons (Fsp3) is 0.583. The van der Waals surface area contributed by atoms with E-state index in [0.29, 0.717) is 42.7 Å². The average Bonchev–Trinajstić information content (AvgIpc) is 3.40. The molecule has 0 radical (unpaired) electrons. The van der Waals surface area contributed by atoms with Crippen molar-refractivity contribution in [2.45, 2.75) is 65.1 Å². The van der Waals surface area contributed by atoms with Crippen molar-refractivity contribution in [3.8, 4) is 0 Å². The maximum atomic E-state index is 12.3. The van der Waals surface area contributed by atoms with Gasteiger partial charge in [0.25, 0.3) is 0 Å². The number of amides is 2. The maximum absolute atomic E-state index is 12.3. The van der Waals surface area contributed by atoms with Gasteiger partial charge in [0.1, 0.15) is 0 Å². The number of ether oxygens (including phenoxy) is 1. The van der Waals surface area contributed by atoms with Crippen molar-refractivity contribution < 1.29 is 18.7 Å². The van der Waals surface area contributed by atoms with Gasteiger partial charge in [-0.3, -0.25) is 9.69 Å². The smallest absolute Gasteiger partial charge is 0.410 e. The molecule has 9 nitrogen and oxygen atoms in total. The van der Waals surface area contributed by atoms with Gasteiger partial charge in [0.2, 0.25) is 17.7 Å². The van der Waals surface area contributed by atoms with Gasteiger partial charge in [0, 0.05) is 50.2 Å². The third-order valence-electron chi connectivity index (χ3n) is 6.41. The zero-order valence-electron chi connectivity index (χ0n) is 20.1. The first-order valence-electron chi connectivity index (χ1n) is 11.8. The van der Waals surface area contributed by atoms with Crippen LogP contribution in [0.4, 0.5) is 4.79 Å². The zero-order valence-corrected chi connectivity index (χ0v) is 20.9. The standard InChI is InChI=1S/C24H32ClN5O4/c1-14(2)33-24(32)30-6-5-29(12-15(30)3)13-19-8-20(25)7-17(16(19)4)10-22-27-28-23(34-22)18-9-21(31)26-11-18/h7-8,14-15,18H,5-6,9-13H2,1-4H3,(H,26,31)/t15-,18?/m0/s1. The van der Waals surface area contributed by atoms with Crippen LogP contribution in [0.2, 0.25) is 5.02 Å². The Morgan fingerprint density at radius 1 is 1.29 bits per heavy atom. The number of aromatic nitrogens is 2. The SMILES string of the molecule is Cc1c(Cc2nnc(C3CNC(=O)C3)o2)cc(Cl)cc1CN1CCN(C(=O)OC(C)C)[C@@H](C)C1. The van der Waals surface area contributed by atoms with Gasteiger partial charge in [0.15, 0.2) is 0 Å². The lowest BCUT2D eigenvalue weighted by atomic mass is 9.99. The topological polar surface area (TPSA) is 101 Å². The summed E-state index contributed by atoms with van der Waals surface area (Å²) in [5.41, 5.74) is 3.31. The fourth-order valence-corrected chi connectivity index (χ4v) is 4.81. The summed E-state index contributed by atoms with van der Waals surface area (Å²) in [6.07, 6.45) is 0.478. The highest BCUT2D eigenvalue weighted by Gasteiger charge is 2.30. The first-order valence-corrected chi connectivity index (χ1v) is 12.1. The summed E-state index contributed by atoms with van der Waals surface area (Å²) in [5, 5.41) is 11.8. The predicted octanol–water partition coefficient (Wildman–Crippen LogP) is 3.28. The van der Waals surface area contributed by atoms with E-state index < -0.39 is 0 Å². The van der Waals surface area contributed by atoms with E-state index in [1.165, 1.54) is 0 Å². The number of rotatable bonds is 6. The van der Waals surface area contributed by atoms with E-state index in [-0.39, 0.29) is 30.1 Å². The van der Waals surface area contributed by atoms with Crippen molar-refractivity contribution in [3.05, 3.63) is 45.6 Å². The predicted molar refractivity (Wildman–Crippen MR) is 127 cm³/mol. The molecule has 10 heteroatoms. The molecule has 0 bridgehead atoms. The lowest BCUT2D eigenvalue weighted by Crippen LogP contribution is -2.54. The Bertz CT molecular complexity index is 1060. The quantitative estimate of drug-likeness (QED) is 0.664. The number of hydrogen-bond donors (Lipinski definition) is 1. The van der Waals surface area contributed by atoms with Crippen LogP contribution in [0, 0.1) is 6.92 Å². The molecule has 2 saturated heterocycles. The second-order valence-electron chi connectivity index (χ2n) is 9.48. The van der Waals surface area contributed by atoms with Gasteiger partial charge < -0.3 is 19.4 Å². The summed E-state index contributed by atoms with van der Waals surface area (Å²) < 4.78 is 11.2. The third kappa shape index (κ3) is 5.70. The molecule has 1 unspecified atom stereocenters. The van der Waals surface area contributed by atoms with E-state index in [9.17, 15) is 9.59 Å². The summed E-state index contributed by atoms with van der Waals surface area (Å²) in [6.45, 7) is 11.3. The third-order valence-corrected chi connectivity index (χ3v) is 6.63. The van der Waals surface area contributed by atoms with E-state index in [4.69, 9.17) is 20.8 Å². The van der Waals surface area contributed by atoms with E-state index >= 15 is 0 Å². The Morgan fingerprint density at radius 2 is 2.06 bits per heavy atom. The van der Waals surface area contributed by atoms with Gasteiger partial charge >= 0.3 is 6.09 Å². The molecule has 2 fully saturated rings. The molecule has 2 aliphatic heterocycles. The van der Waals surface area contributed by atoms with E-state index in [2.05, 4.69) is 27.3 Å². The van der Waals surface area contributed by atoms with Crippen molar-refractivity contribution >= 4 is 23.6 Å². The Kier molecular flexibility index (Phi) is 7.42. The normalized spacial score (nSPS) is 21.2. The van der Waals surface area contributed by atoms with E-state index in [1.54, 1.807) is 4.90 Å². The number of benzene rings is 1. The molecule has 2 amide bonds. The number of halogens is 1. The van der Waals surface area contributed by atoms with Crippen LogP contribution in [-0.4, -0.2) is 70.3 Å².